The lowest BCUT2D eigenvalue weighted by Crippen LogP contribution is -2.06. The van der Waals surface area contributed by atoms with E-state index >= 15 is 0 Å². The minimum Gasteiger partial charge on any atom is -0.393 e. The molecule has 0 bridgehead atoms. The molecule has 2 heteroatoms. The fourth-order valence-corrected chi connectivity index (χ4v) is 1.93. The lowest BCUT2D eigenvalue weighted by Gasteiger charge is -2.03. The number of aliphatic hydroxyl groups is 1. The van der Waals surface area contributed by atoms with E-state index in [2.05, 4.69) is 19.1 Å². The van der Waals surface area contributed by atoms with Crippen molar-refractivity contribution in [3.8, 4) is 0 Å². The minimum atomic E-state index is -0.159. The summed E-state index contributed by atoms with van der Waals surface area (Å²) in [5.41, 5.74) is 0. The molecule has 0 fully saturated rings. The SMILES string of the molecule is CC[C@H](O)Cc1ccc(C)s1. The maximum atomic E-state index is 9.33. The molecule has 62 valence electrons. The average Bonchev–Trinajstić information content (AvgIpc) is 2.35. The van der Waals surface area contributed by atoms with E-state index in [1.165, 1.54) is 9.75 Å². The van der Waals surface area contributed by atoms with Crippen LogP contribution in [0.5, 0.6) is 0 Å². The van der Waals surface area contributed by atoms with E-state index in [1.807, 2.05) is 6.92 Å². The quantitative estimate of drug-likeness (QED) is 0.738. The van der Waals surface area contributed by atoms with Gasteiger partial charge in [0, 0.05) is 16.2 Å². The van der Waals surface area contributed by atoms with E-state index in [-0.39, 0.29) is 6.10 Å². The predicted octanol–water partition coefficient (Wildman–Crippen LogP) is 2.37. The van der Waals surface area contributed by atoms with Gasteiger partial charge in [0.05, 0.1) is 6.10 Å². The lowest BCUT2D eigenvalue weighted by atomic mass is 10.2. The van der Waals surface area contributed by atoms with Crippen LogP contribution in [-0.2, 0) is 6.42 Å². The van der Waals surface area contributed by atoms with Gasteiger partial charge in [-0.1, -0.05) is 6.92 Å². The molecule has 0 aliphatic heterocycles. The third-order valence-electron chi connectivity index (χ3n) is 1.70. The maximum absolute atomic E-state index is 9.33. The molecule has 1 aromatic rings. The van der Waals surface area contributed by atoms with Crippen LogP contribution >= 0.6 is 11.3 Å². The van der Waals surface area contributed by atoms with Crippen LogP contribution in [0.3, 0.4) is 0 Å². The van der Waals surface area contributed by atoms with Gasteiger partial charge in [0.15, 0.2) is 0 Å². The Labute approximate surface area is 71.7 Å². The van der Waals surface area contributed by atoms with Crippen molar-refractivity contribution >= 4 is 11.3 Å². The summed E-state index contributed by atoms with van der Waals surface area (Å²) in [6.45, 7) is 4.09. The summed E-state index contributed by atoms with van der Waals surface area (Å²) in [5.74, 6) is 0. The molecule has 0 aliphatic rings. The van der Waals surface area contributed by atoms with Crippen LogP contribution in [-0.4, -0.2) is 11.2 Å². The molecule has 1 heterocycles. The Morgan fingerprint density at radius 1 is 1.55 bits per heavy atom. The molecule has 0 radical (unpaired) electrons. The number of thiophene rings is 1. The molecule has 1 rings (SSSR count). The van der Waals surface area contributed by atoms with Crippen molar-refractivity contribution in [3.63, 3.8) is 0 Å². The Morgan fingerprint density at radius 3 is 2.73 bits per heavy atom. The van der Waals surface area contributed by atoms with Gasteiger partial charge in [-0.05, 0) is 25.5 Å². The largest absolute Gasteiger partial charge is 0.393 e. The zero-order valence-electron chi connectivity index (χ0n) is 7.00. The Kier molecular flexibility index (Phi) is 3.09. The molecule has 1 N–H and O–H groups in total. The Balaban J connectivity index is 2.50. The first kappa shape index (κ1) is 8.75. The summed E-state index contributed by atoms with van der Waals surface area (Å²) in [5, 5.41) is 9.33. The second kappa shape index (κ2) is 3.88. The second-order valence-corrected chi connectivity index (χ2v) is 4.15. The topological polar surface area (TPSA) is 20.2 Å². The Morgan fingerprint density at radius 2 is 2.27 bits per heavy atom. The lowest BCUT2D eigenvalue weighted by molar-refractivity contribution is 0.171. The molecule has 1 aromatic heterocycles. The third kappa shape index (κ3) is 2.64. The summed E-state index contributed by atoms with van der Waals surface area (Å²) in [6.07, 6.45) is 1.50. The first-order chi connectivity index (χ1) is 5.22. The molecule has 0 aliphatic carbocycles. The molecule has 1 atom stereocenters. The van der Waals surface area contributed by atoms with Gasteiger partial charge in [-0.3, -0.25) is 0 Å². The summed E-state index contributed by atoms with van der Waals surface area (Å²) < 4.78 is 0. The molecule has 0 spiro atoms. The van der Waals surface area contributed by atoms with Gasteiger partial charge >= 0.3 is 0 Å². The monoisotopic (exact) mass is 170 g/mol. The Bertz CT molecular complexity index is 217. The number of aliphatic hydroxyl groups excluding tert-OH is 1. The maximum Gasteiger partial charge on any atom is 0.0585 e. The van der Waals surface area contributed by atoms with Gasteiger partial charge in [0.1, 0.15) is 0 Å². The molecule has 0 saturated heterocycles. The first-order valence-corrected chi connectivity index (χ1v) is 4.77. The average molecular weight is 170 g/mol. The van der Waals surface area contributed by atoms with Crippen LogP contribution in [0.4, 0.5) is 0 Å². The molecule has 0 saturated carbocycles. The zero-order valence-corrected chi connectivity index (χ0v) is 7.82. The standard InChI is InChI=1S/C9H14OS/c1-3-8(10)6-9-5-4-7(2)11-9/h4-5,8,10H,3,6H2,1-2H3/t8-/m0/s1. The van der Waals surface area contributed by atoms with Gasteiger partial charge in [0.2, 0.25) is 0 Å². The summed E-state index contributed by atoms with van der Waals surface area (Å²) in [7, 11) is 0. The van der Waals surface area contributed by atoms with Crippen LogP contribution in [0.2, 0.25) is 0 Å². The van der Waals surface area contributed by atoms with Crippen molar-refractivity contribution in [2.75, 3.05) is 0 Å². The van der Waals surface area contributed by atoms with Gasteiger partial charge in [-0.2, -0.15) is 0 Å². The van der Waals surface area contributed by atoms with Crippen molar-refractivity contribution in [2.45, 2.75) is 32.8 Å². The van der Waals surface area contributed by atoms with E-state index < -0.39 is 0 Å². The fraction of sp³-hybridized carbons (Fsp3) is 0.556. The molecule has 0 amide bonds. The number of hydrogen-bond acceptors (Lipinski definition) is 2. The van der Waals surface area contributed by atoms with Gasteiger partial charge in [-0.25, -0.2) is 0 Å². The van der Waals surface area contributed by atoms with Gasteiger partial charge in [-0.15, -0.1) is 11.3 Å². The van der Waals surface area contributed by atoms with E-state index in [0.717, 1.165) is 12.8 Å². The molecular weight excluding hydrogens is 156 g/mol. The normalized spacial score (nSPS) is 13.4. The summed E-state index contributed by atoms with van der Waals surface area (Å²) >= 11 is 1.77. The highest BCUT2D eigenvalue weighted by molar-refractivity contribution is 7.11. The highest BCUT2D eigenvalue weighted by Crippen LogP contribution is 2.17. The van der Waals surface area contributed by atoms with Crippen LogP contribution in [0.25, 0.3) is 0 Å². The predicted molar refractivity (Wildman–Crippen MR) is 49.1 cm³/mol. The zero-order chi connectivity index (χ0) is 8.27. The number of rotatable bonds is 3. The minimum absolute atomic E-state index is 0.159. The van der Waals surface area contributed by atoms with Crippen molar-refractivity contribution in [3.05, 3.63) is 21.9 Å². The molecule has 0 unspecified atom stereocenters. The molecular formula is C9H14OS. The van der Waals surface area contributed by atoms with Crippen molar-refractivity contribution in [1.29, 1.82) is 0 Å². The van der Waals surface area contributed by atoms with Crippen molar-refractivity contribution in [2.24, 2.45) is 0 Å². The van der Waals surface area contributed by atoms with Crippen LogP contribution in [0.1, 0.15) is 23.1 Å². The van der Waals surface area contributed by atoms with E-state index in [1.54, 1.807) is 11.3 Å². The van der Waals surface area contributed by atoms with Gasteiger partial charge in [0.25, 0.3) is 0 Å². The van der Waals surface area contributed by atoms with Crippen LogP contribution in [0.15, 0.2) is 12.1 Å². The molecule has 0 aromatic carbocycles. The molecule has 11 heavy (non-hydrogen) atoms. The second-order valence-electron chi connectivity index (χ2n) is 2.78. The van der Waals surface area contributed by atoms with E-state index in [4.69, 9.17) is 0 Å². The number of aryl methyl sites for hydroxylation is 1. The first-order valence-electron chi connectivity index (χ1n) is 3.95. The third-order valence-corrected chi connectivity index (χ3v) is 2.73. The summed E-state index contributed by atoms with van der Waals surface area (Å²) in [4.78, 5) is 2.61. The highest BCUT2D eigenvalue weighted by atomic mass is 32.1. The van der Waals surface area contributed by atoms with Gasteiger partial charge < -0.3 is 5.11 Å². The van der Waals surface area contributed by atoms with E-state index in [9.17, 15) is 5.11 Å². The number of hydrogen-bond donors (Lipinski definition) is 1. The molecule has 1 nitrogen and oxygen atoms in total. The Hall–Kier alpha value is -0.340. The van der Waals surface area contributed by atoms with Crippen molar-refractivity contribution < 1.29 is 5.11 Å². The summed E-state index contributed by atoms with van der Waals surface area (Å²) in [6, 6.07) is 4.20. The smallest absolute Gasteiger partial charge is 0.0585 e. The highest BCUT2D eigenvalue weighted by Gasteiger charge is 2.03. The fourth-order valence-electron chi connectivity index (χ4n) is 0.971. The van der Waals surface area contributed by atoms with Crippen molar-refractivity contribution in [1.82, 2.24) is 0 Å². The van der Waals surface area contributed by atoms with Crippen LogP contribution < -0.4 is 0 Å². The van der Waals surface area contributed by atoms with Crippen LogP contribution in [0, 0.1) is 6.92 Å². The van der Waals surface area contributed by atoms with E-state index in [0.29, 0.717) is 0 Å².